The fourth-order valence-electron chi connectivity index (χ4n) is 1.77. The Balaban J connectivity index is 2.19. The van der Waals surface area contributed by atoms with Crippen LogP contribution in [0.4, 0.5) is 4.79 Å². The van der Waals surface area contributed by atoms with Crippen molar-refractivity contribution in [1.29, 1.82) is 0 Å². The summed E-state index contributed by atoms with van der Waals surface area (Å²) in [4.78, 5) is 11.0. The van der Waals surface area contributed by atoms with Crippen molar-refractivity contribution >= 4 is 6.09 Å². The normalized spacial score (nSPS) is 27.0. The second-order valence-electron chi connectivity index (χ2n) is 3.83. The molecule has 0 aliphatic carbocycles. The average Bonchev–Trinajstić information content (AvgIpc) is 2.17. The Morgan fingerprint density at radius 3 is 3.07 bits per heavy atom. The van der Waals surface area contributed by atoms with E-state index in [4.69, 9.17) is 4.74 Å². The van der Waals surface area contributed by atoms with Crippen molar-refractivity contribution in [2.24, 2.45) is 11.8 Å². The Morgan fingerprint density at radius 2 is 2.43 bits per heavy atom. The molecule has 0 radical (unpaired) electrons. The van der Waals surface area contributed by atoms with E-state index in [9.17, 15) is 4.79 Å². The monoisotopic (exact) mass is 200 g/mol. The standard InChI is InChI=1S/C10H20N2O2/c1-3-14-10(13)12-7-9-4-5-11-6-8(9)2/h8-9,11H,3-7H2,1-2H3,(H,12,13). The van der Waals surface area contributed by atoms with Crippen molar-refractivity contribution in [3.05, 3.63) is 0 Å². The third-order valence-electron chi connectivity index (χ3n) is 2.75. The number of carbonyl (C=O) groups is 1. The van der Waals surface area contributed by atoms with Crippen LogP contribution in [0.5, 0.6) is 0 Å². The van der Waals surface area contributed by atoms with Crippen LogP contribution in [-0.2, 0) is 4.74 Å². The number of carbonyl (C=O) groups excluding carboxylic acids is 1. The van der Waals surface area contributed by atoms with Gasteiger partial charge in [-0.1, -0.05) is 6.92 Å². The summed E-state index contributed by atoms with van der Waals surface area (Å²) in [6, 6.07) is 0. The molecular formula is C10H20N2O2. The van der Waals surface area contributed by atoms with Crippen LogP contribution in [-0.4, -0.2) is 32.3 Å². The molecule has 1 aliphatic heterocycles. The third-order valence-corrected chi connectivity index (χ3v) is 2.75. The fraction of sp³-hybridized carbons (Fsp3) is 0.900. The highest BCUT2D eigenvalue weighted by molar-refractivity contribution is 5.67. The summed E-state index contributed by atoms with van der Waals surface area (Å²) in [6.45, 7) is 7.31. The molecule has 2 atom stereocenters. The van der Waals surface area contributed by atoms with Crippen molar-refractivity contribution in [3.63, 3.8) is 0 Å². The first-order valence-corrected chi connectivity index (χ1v) is 5.35. The predicted octanol–water partition coefficient (Wildman–Crippen LogP) is 0.978. The minimum Gasteiger partial charge on any atom is -0.450 e. The van der Waals surface area contributed by atoms with Gasteiger partial charge in [0.05, 0.1) is 6.61 Å². The number of nitrogens with one attached hydrogen (secondary N) is 2. The molecule has 0 saturated carbocycles. The zero-order valence-corrected chi connectivity index (χ0v) is 9.01. The summed E-state index contributed by atoms with van der Waals surface area (Å²) in [5.41, 5.74) is 0. The average molecular weight is 200 g/mol. The minimum atomic E-state index is -0.293. The highest BCUT2D eigenvalue weighted by Gasteiger charge is 2.21. The second-order valence-corrected chi connectivity index (χ2v) is 3.83. The molecule has 1 amide bonds. The fourth-order valence-corrected chi connectivity index (χ4v) is 1.77. The Kier molecular flexibility index (Phi) is 4.73. The molecule has 1 saturated heterocycles. The van der Waals surface area contributed by atoms with Crippen LogP contribution >= 0.6 is 0 Å². The van der Waals surface area contributed by atoms with Gasteiger partial charge in [0.15, 0.2) is 0 Å². The van der Waals surface area contributed by atoms with Crippen molar-refractivity contribution < 1.29 is 9.53 Å². The molecule has 1 rings (SSSR count). The van der Waals surface area contributed by atoms with E-state index in [0.29, 0.717) is 18.4 Å². The van der Waals surface area contributed by atoms with Gasteiger partial charge in [0.25, 0.3) is 0 Å². The number of alkyl carbamates (subject to hydrolysis) is 1. The van der Waals surface area contributed by atoms with Gasteiger partial charge >= 0.3 is 6.09 Å². The molecule has 2 unspecified atom stereocenters. The Hall–Kier alpha value is -0.770. The molecule has 1 heterocycles. The molecule has 0 aromatic carbocycles. The summed E-state index contributed by atoms with van der Waals surface area (Å²) in [7, 11) is 0. The minimum absolute atomic E-state index is 0.293. The van der Waals surface area contributed by atoms with Crippen LogP contribution in [0.2, 0.25) is 0 Å². The first-order chi connectivity index (χ1) is 6.74. The number of ether oxygens (including phenoxy) is 1. The highest BCUT2D eigenvalue weighted by atomic mass is 16.5. The Bertz CT molecular complexity index is 185. The van der Waals surface area contributed by atoms with Crippen LogP contribution < -0.4 is 10.6 Å². The smallest absolute Gasteiger partial charge is 0.407 e. The topological polar surface area (TPSA) is 50.4 Å². The SMILES string of the molecule is CCOC(=O)NCC1CCNCC1C. The predicted molar refractivity (Wildman–Crippen MR) is 55.2 cm³/mol. The van der Waals surface area contributed by atoms with Crippen LogP contribution in [0.25, 0.3) is 0 Å². The van der Waals surface area contributed by atoms with Gasteiger partial charge in [-0.2, -0.15) is 0 Å². The zero-order chi connectivity index (χ0) is 10.4. The van der Waals surface area contributed by atoms with Crippen LogP contribution in [0, 0.1) is 11.8 Å². The van der Waals surface area contributed by atoms with Crippen molar-refractivity contribution in [1.82, 2.24) is 10.6 Å². The van der Waals surface area contributed by atoms with Crippen LogP contribution in [0.1, 0.15) is 20.3 Å². The third kappa shape index (κ3) is 3.54. The van der Waals surface area contributed by atoms with E-state index in [0.717, 1.165) is 26.1 Å². The summed E-state index contributed by atoms with van der Waals surface area (Å²) >= 11 is 0. The Labute approximate surface area is 85.4 Å². The maximum atomic E-state index is 11.0. The maximum Gasteiger partial charge on any atom is 0.407 e. The van der Waals surface area contributed by atoms with E-state index >= 15 is 0 Å². The molecule has 1 aliphatic rings. The van der Waals surface area contributed by atoms with E-state index in [2.05, 4.69) is 17.6 Å². The van der Waals surface area contributed by atoms with E-state index < -0.39 is 0 Å². The highest BCUT2D eigenvalue weighted by Crippen LogP contribution is 2.17. The molecule has 4 nitrogen and oxygen atoms in total. The molecule has 2 N–H and O–H groups in total. The summed E-state index contributed by atoms with van der Waals surface area (Å²) in [5.74, 6) is 1.21. The quantitative estimate of drug-likeness (QED) is 0.714. The van der Waals surface area contributed by atoms with E-state index in [1.807, 2.05) is 6.92 Å². The van der Waals surface area contributed by atoms with Gasteiger partial charge in [-0.05, 0) is 38.3 Å². The lowest BCUT2D eigenvalue weighted by Gasteiger charge is -2.29. The van der Waals surface area contributed by atoms with Crippen LogP contribution in [0.15, 0.2) is 0 Å². The van der Waals surface area contributed by atoms with Crippen molar-refractivity contribution in [2.45, 2.75) is 20.3 Å². The van der Waals surface area contributed by atoms with Gasteiger partial charge in [0, 0.05) is 6.54 Å². The summed E-state index contributed by atoms with van der Waals surface area (Å²) in [5, 5.41) is 6.13. The van der Waals surface area contributed by atoms with Crippen LogP contribution in [0.3, 0.4) is 0 Å². The lowest BCUT2D eigenvalue weighted by molar-refractivity contribution is 0.147. The molecule has 82 valence electrons. The lowest BCUT2D eigenvalue weighted by atomic mass is 9.88. The number of hydrogen-bond acceptors (Lipinski definition) is 3. The van der Waals surface area contributed by atoms with Gasteiger partial charge in [-0.25, -0.2) is 4.79 Å². The first-order valence-electron chi connectivity index (χ1n) is 5.35. The lowest BCUT2D eigenvalue weighted by Crippen LogP contribution is -2.41. The molecule has 0 aromatic rings. The molecule has 14 heavy (non-hydrogen) atoms. The molecule has 0 bridgehead atoms. The van der Waals surface area contributed by atoms with E-state index in [1.54, 1.807) is 0 Å². The van der Waals surface area contributed by atoms with Gasteiger partial charge in [0.2, 0.25) is 0 Å². The number of rotatable bonds is 3. The molecule has 1 fully saturated rings. The summed E-state index contributed by atoms with van der Waals surface area (Å²) in [6.07, 6.45) is 0.839. The second kappa shape index (κ2) is 5.86. The molecule has 4 heteroatoms. The van der Waals surface area contributed by atoms with Gasteiger partial charge in [-0.15, -0.1) is 0 Å². The van der Waals surface area contributed by atoms with Crippen molar-refractivity contribution in [2.75, 3.05) is 26.2 Å². The van der Waals surface area contributed by atoms with Gasteiger partial charge in [0.1, 0.15) is 0 Å². The molecule has 0 aromatic heterocycles. The first kappa shape index (κ1) is 11.3. The molecular weight excluding hydrogens is 180 g/mol. The number of hydrogen-bond donors (Lipinski definition) is 2. The van der Waals surface area contributed by atoms with E-state index in [-0.39, 0.29) is 6.09 Å². The van der Waals surface area contributed by atoms with E-state index in [1.165, 1.54) is 0 Å². The summed E-state index contributed by atoms with van der Waals surface area (Å²) < 4.78 is 4.80. The Morgan fingerprint density at radius 1 is 1.64 bits per heavy atom. The molecule has 0 spiro atoms. The number of piperidine rings is 1. The van der Waals surface area contributed by atoms with Gasteiger partial charge < -0.3 is 15.4 Å². The van der Waals surface area contributed by atoms with Crippen molar-refractivity contribution in [3.8, 4) is 0 Å². The maximum absolute atomic E-state index is 11.0. The van der Waals surface area contributed by atoms with Gasteiger partial charge in [-0.3, -0.25) is 0 Å². The largest absolute Gasteiger partial charge is 0.450 e. The number of amides is 1. The zero-order valence-electron chi connectivity index (χ0n) is 9.01.